The van der Waals surface area contributed by atoms with E-state index >= 15 is 0 Å². The van der Waals surface area contributed by atoms with Crippen LogP contribution in [0, 0.1) is 0 Å². The summed E-state index contributed by atoms with van der Waals surface area (Å²) in [5.41, 5.74) is 0.880. The summed E-state index contributed by atoms with van der Waals surface area (Å²) in [5.74, 6) is 0. The van der Waals surface area contributed by atoms with Gasteiger partial charge in [0.25, 0.3) is 0 Å². The molecular formula is C8H10BrO3P. The van der Waals surface area contributed by atoms with Gasteiger partial charge in [0, 0.05) is 0 Å². The van der Waals surface area contributed by atoms with Crippen molar-refractivity contribution in [3.63, 3.8) is 0 Å². The van der Waals surface area contributed by atoms with Crippen molar-refractivity contribution in [1.82, 2.24) is 0 Å². The van der Waals surface area contributed by atoms with E-state index in [-0.39, 0.29) is 11.0 Å². The maximum Gasteiger partial charge on any atom is 0.327 e. The highest BCUT2D eigenvalue weighted by Crippen LogP contribution is 2.42. The maximum atomic E-state index is 10.7. The molecule has 0 aliphatic heterocycles. The average Bonchev–Trinajstić information content (AvgIpc) is 2.03. The molecule has 0 aromatic heterocycles. The largest absolute Gasteiger partial charge is 0.327 e. The SMILES string of the molecule is O=P(O)(O)CC(Br)c1ccccc1. The zero-order valence-electron chi connectivity index (χ0n) is 6.80. The van der Waals surface area contributed by atoms with Gasteiger partial charge in [-0.25, -0.2) is 0 Å². The van der Waals surface area contributed by atoms with E-state index in [4.69, 9.17) is 9.79 Å². The highest BCUT2D eigenvalue weighted by Gasteiger charge is 2.20. The lowest BCUT2D eigenvalue weighted by Gasteiger charge is -2.10. The fraction of sp³-hybridized carbons (Fsp3) is 0.250. The normalized spacial score (nSPS) is 14.1. The lowest BCUT2D eigenvalue weighted by molar-refractivity contribution is 0.373. The van der Waals surface area contributed by atoms with E-state index in [1.54, 1.807) is 0 Å². The van der Waals surface area contributed by atoms with Gasteiger partial charge in [0.1, 0.15) is 0 Å². The zero-order valence-corrected chi connectivity index (χ0v) is 9.28. The molecule has 0 amide bonds. The Balaban J connectivity index is 2.70. The third-order valence-electron chi connectivity index (χ3n) is 1.56. The summed E-state index contributed by atoms with van der Waals surface area (Å²) < 4.78 is 10.7. The van der Waals surface area contributed by atoms with Crippen molar-refractivity contribution in [3.8, 4) is 0 Å². The molecule has 0 fully saturated rings. The monoisotopic (exact) mass is 264 g/mol. The standard InChI is InChI=1S/C8H10BrO3P/c9-8(6-13(10,11)12)7-4-2-1-3-5-7/h1-5,8H,6H2,(H2,10,11,12). The molecule has 1 unspecified atom stereocenters. The minimum atomic E-state index is -3.93. The lowest BCUT2D eigenvalue weighted by atomic mass is 10.2. The number of alkyl halides is 1. The summed E-state index contributed by atoms with van der Waals surface area (Å²) in [7, 11) is -3.93. The Kier molecular flexibility index (Phi) is 3.68. The number of halogens is 1. The molecule has 0 bridgehead atoms. The molecule has 0 radical (unpaired) electrons. The Morgan fingerprint density at radius 2 is 1.85 bits per heavy atom. The Morgan fingerprint density at radius 1 is 1.31 bits per heavy atom. The van der Waals surface area contributed by atoms with Crippen molar-refractivity contribution in [2.24, 2.45) is 0 Å². The van der Waals surface area contributed by atoms with E-state index < -0.39 is 7.60 Å². The summed E-state index contributed by atoms with van der Waals surface area (Å²) in [6, 6.07) is 9.19. The van der Waals surface area contributed by atoms with Crippen LogP contribution in [-0.2, 0) is 4.57 Å². The molecule has 0 spiro atoms. The molecule has 0 heterocycles. The Labute approximate surface area is 85.1 Å². The first kappa shape index (κ1) is 10.9. The summed E-state index contributed by atoms with van der Waals surface area (Å²) >= 11 is 3.23. The summed E-state index contributed by atoms with van der Waals surface area (Å²) in [4.78, 5) is 17.2. The molecule has 13 heavy (non-hydrogen) atoms. The van der Waals surface area contributed by atoms with Gasteiger partial charge in [0.05, 0.1) is 11.0 Å². The number of rotatable bonds is 3. The highest BCUT2D eigenvalue weighted by molar-refractivity contribution is 9.09. The molecule has 1 aromatic rings. The Bertz CT molecular complexity index is 308. The third kappa shape index (κ3) is 4.05. The van der Waals surface area contributed by atoms with E-state index in [1.807, 2.05) is 30.3 Å². The zero-order chi connectivity index (χ0) is 9.90. The first-order valence-electron chi connectivity index (χ1n) is 3.72. The summed E-state index contributed by atoms with van der Waals surface area (Å²) in [5, 5.41) is 0. The second-order valence-electron chi connectivity index (χ2n) is 2.73. The van der Waals surface area contributed by atoms with Gasteiger partial charge in [-0.15, -0.1) is 0 Å². The Hall–Kier alpha value is -0.150. The molecular weight excluding hydrogens is 255 g/mol. The fourth-order valence-corrected chi connectivity index (χ4v) is 3.04. The molecule has 72 valence electrons. The van der Waals surface area contributed by atoms with Gasteiger partial charge in [-0.2, -0.15) is 0 Å². The van der Waals surface area contributed by atoms with Crippen LogP contribution in [0.15, 0.2) is 30.3 Å². The van der Waals surface area contributed by atoms with E-state index in [9.17, 15) is 4.57 Å². The van der Waals surface area contributed by atoms with E-state index in [1.165, 1.54) is 0 Å². The van der Waals surface area contributed by atoms with Gasteiger partial charge in [-0.3, -0.25) is 4.57 Å². The minimum absolute atomic E-state index is 0.170. The predicted octanol–water partition coefficient (Wildman–Crippen LogP) is 2.30. The third-order valence-corrected chi connectivity index (χ3v) is 3.75. The van der Waals surface area contributed by atoms with Crippen LogP contribution in [0.2, 0.25) is 0 Å². The van der Waals surface area contributed by atoms with Crippen LogP contribution in [0.3, 0.4) is 0 Å². The van der Waals surface area contributed by atoms with E-state index in [2.05, 4.69) is 15.9 Å². The van der Waals surface area contributed by atoms with Gasteiger partial charge in [-0.05, 0) is 5.56 Å². The molecule has 1 atom stereocenters. The molecule has 0 aliphatic rings. The summed E-state index contributed by atoms with van der Waals surface area (Å²) in [6.45, 7) is 0. The number of hydrogen-bond acceptors (Lipinski definition) is 1. The molecule has 0 saturated carbocycles. The topological polar surface area (TPSA) is 57.5 Å². The fourth-order valence-electron chi connectivity index (χ4n) is 0.976. The van der Waals surface area contributed by atoms with Crippen LogP contribution in [0.5, 0.6) is 0 Å². The van der Waals surface area contributed by atoms with Gasteiger partial charge < -0.3 is 9.79 Å². The van der Waals surface area contributed by atoms with Crippen molar-refractivity contribution in [2.75, 3.05) is 6.16 Å². The first-order valence-corrected chi connectivity index (χ1v) is 6.44. The minimum Gasteiger partial charge on any atom is -0.324 e. The predicted molar refractivity (Wildman–Crippen MR) is 55.0 cm³/mol. The smallest absolute Gasteiger partial charge is 0.324 e. The quantitative estimate of drug-likeness (QED) is 0.651. The molecule has 0 saturated heterocycles. The second-order valence-corrected chi connectivity index (χ2v) is 5.53. The van der Waals surface area contributed by atoms with Crippen LogP contribution in [0.1, 0.15) is 10.4 Å². The lowest BCUT2D eigenvalue weighted by Crippen LogP contribution is -1.97. The molecule has 5 heteroatoms. The average molecular weight is 265 g/mol. The highest BCUT2D eigenvalue weighted by atomic mass is 79.9. The molecule has 1 aromatic carbocycles. The van der Waals surface area contributed by atoms with Crippen LogP contribution in [0.25, 0.3) is 0 Å². The molecule has 0 aliphatic carbocycles. The van der Waals surface area contributed by atoms with Crippen LogP contribution in [0.4, 0.5) is 0 Å². The van der Waals surface area contributed by atoms with Gasteiger partial charge in [0.15, 0.2) is 0 Å². The van der Waals surface area contributed by atoms with Crippen LogP contribution < -0.4 is 0 Å². The molecule has 2 N–H and O–H groups in total. The maximum absolute atomic E-state index is 10.7. The van der Waals surface area contributed by atoms with Crippen molar-refractivity contribution < 1.29 is 14.4 Å². The van der Waals surface area contributed by atoms with Crippen LogP contribution in [-0.4, -0.2) is 15.9 Å². The second kappa shape index (κ2) is 4.38. The van der Waals surface area contributed by atoms with Crippen molar-refractivity contribution >= 4 is 23.5 Å². The van der Waals surface area contributed by atoms with Crippen LogP contribution >= 0.6 is 23.5 Å². The van der Waals surface area contributed by atoms with Crippen molar-refractivity contribution in [1.29, 1.82) is 0 Å². The van der Waals surface area contributed by atoms with Gasteiger partial charge in [-0.1, -0.05) is 46.3 Å². The van der Waals surface area contributed by atoms with E-state index in [0.717, 1.165) is 5.56 Å². The van der Waals surface area contributed by atoms with Gasteiger partial charge in [0.2, 0.25) is 0 Å². The Morgan fingerprint density at radius 3 is 2.31 bits per heavy atom. The first-order chi connectivity index (χ1) is 5.99. The van der Waals surface area contributed by atoms with Crippen molar-refractivity contribution in [2.45, 2.75) is 4.83 Å². The van der Waals surface area contributed by atoms with Gasteiger partial charge >= 0.3 is 7.60 Å². The van der Waals surface area contributed by atoms with Crippen molar-refractivity contribution in [3.05, 3.63) is 35.9 Å². The molecule has 3 nitrogen and oxygen atoms in total. The number of hydrogen-bond donors (Lipinski definition) is 2. The summed E-state index contributed by atoms with van der Waals surface area (Å²) in [6.07, 6.45) is -0.170. The van der Waals surface area contributed by atoms with E-state index in [0.29, 0.717) is 0 Å². The molecule has 1 rings (SSSR count). The number of benzene rings is 1.